The molecule has 0 radical (unpaired) electrons. The molecule has 0 aliphatic rings. The molecule has 0 spiro atoms. The summed E-state index contributed by atoms with van der Waals surface area (Å²) in [5.41, 5.74) is 1.36. The third-order valence-corrected chi connectivity index (χ3v) is 3.51. The topological polar surface area (TPSA) is 100 Å². The Morgan fingerprint density at radius 3 is 2.83 bits per heavy atom. The van der Waals surface area contributed by atoms with Crippen LogP contribution >= 0.6 is 11.6 Å². The third-order valence-electron chi connectivity index (χ3n) is 3.19. The number of benzene rings is 1. The van der Waals surface area contributed by atoms with E-state index in [1.807, 2.05) is 0 Å². The number of methoxy groups -OCH3 is 1. The number of rotatable bonds is 4. The minimum absolute atomic E-state index is 0.0703. The number of hydrogen-bond donors (Lipinski definition) is 3. The van der Waals surface area contributed by atoms with Crippen LogP contribution < -0.4 is 15.6 Å². The molecule has 0 aliphatic carbocycles. The van der Waals surface area contributed by atoms with Gasteiger partial charge in [0.1, 0.15) is 5.75 Å². The second kappa shape index (κ2) is 6.59. The molecule has 122 valence electrons. The van der Waals surface area contributed by atoms with Gasteiger partial charge in [-0.3, -0.25) is 9.78 Å². The molecule has 2 aromatic heterocycles. The number of aromatic hydroxyl groups is 1. The Kier molecular flexibility index (Phi) is 4.35. The largest absolute Gasteiger partial charge is 0.506 e. The highest BCUT2D eigenvalue weighted by Gasteiger charge is 2.07. The van der Waals surface area contributed by atoms with Gasteiger partial charge in [-0.15, -0.1) is 0 Å². The number of phenolic OH excluding ortho intramolecular Hbond substituents is 1. The van der Waals surface area contributed by atoms with Gasteiger partial charge >= 0.3 is 0 Å². The van der Waals surface area contributed by atoms with Gasteiger partial charge in [0.25, 0.3) is 5.56 Å². The number of anilines is 2. The van der Waals surface area contributed by atoms with E-state index in [0.29, 0.717) is 22.8 Å². The van der Waals surface area contributed by atoms with E-state index in [2.05, 4.69) is 20.3 Å². The first-order valence-electron chi connectivity index (χ1n) is 6.92. The number of pyridine rings is 1. The molecule has 3 rings (SSSR count). The summed E-state index contributed by atoms with van der Waals surface area (Å²) in [5.74, 6) is 0.584. The van der Waals surface area contributed by atoms with Gasteiger partial charge in [-0.1, -0.05) is 11.6 Å². The quantitative estimate of drug-likeness (QED) is 0.672. The molecule has 7 nitrogen and oxygen atoms in total. The smallest absolute Gasteiger partial charge is 0.252 e. The summed E-state index contributed by atoms with van der Waals surface area (Å²) in [6.45, 7) is 0. The summed E-state index contributed by atoms with van der Waals surface area (Å²) in [6, 6.07) is 9.41. The van der Waals surface area contributed by atoms with Gasteiger partial charge in [-0.05, 0) is 18.2 Å². The number of aromatic nitrogens is 3. The van der Waals surface area contributed by atoms with Crippen molar-refractivity contribution in [3.8, 4) is 22.9 Å². The molecular formula is C16H13ClN4O3. The summed E-state index contributed by atoms with van der Waals surface area (Å²) in [4.78, 5) is 22.9. The monoisotopic (exact) mass is 344 g/mol. The lowest BCUT2D eigenvalue weighted by molar-refractivity contribution is 0.398. The van der Waals surface area contributed by atoms with Crippen molar-refractivity contribution >= 4 is 23.2 Å². The van der Waals surface area contributed by atoms with E-state index in [1.165, 1.54) is 25.3 Å². The third kappa shape index (κ3) is 3.47. The fourth-order valence-electron chi connectivity index (χ4n) is 2.07. The van der Waals surface area contributed by atoms with Crippen LogP contribution in [0.3, 0.4) is 0 Å². The normalized spacial score (nSPS) is 10.4. The second-order valence-corrected chi connectivity index (χ2v) is 5.26. The van der Waals surface area contributed by atoms with Gasteiger partial charge < -0.3 is 15.2 Å². The summed E-state index contributed by atoms with van der Waals surface area (Å²) >= 11 is 5.77. The predicted octanol–water partition coefficient (Wildman–Crippen LogP) is 2.94. The molecule has 1 aromatic carbocycles. The number of halogens is 1. The first-order valence-corrected chi connectivity index (χ1v) is 7.30. The number of nitrogens with one attached hydrogen (secondary N) is 2. The fraction of sp³-hybridized carbons (Fsp3) is 0.0625. The summed E-state index contributed by atoms with van der Waals surface area (Å²) in [6.07, 6.45) is 1.57. The maximum Gasteiger partial charge on any atom is 0.252 e. The van der Waals surface area contributed by atoms with Crippen molar-refractivity contribution in [3.63, 3.8) is 0 Å². The number of phenols is 1. The van der Waals surface area contributed by atoms with Crippen molar-refractivity contribution in [2.75, 3.05) is 12.4 Å². The van der Waals surface area contributed by atoms with Crippen molar-refractivity contribution in [3.05, 3.63) is 58.0 Å². The van der Waals surface area contributed by atoms with Crippen molar-refractivity contribution in [1.29, 1.82) is 0 Å². The molecule has 8 heteroatoms. The molecule has 0 saturated carbocycles. The maximum absolute atomic E-state index is 11.9. The number of aromatic amines is 1. The highest BCUT2D eigenvalue weighted by Crippen LogP contribution is 2.27. The van der Waals surface area contributed by atoms with E-state index < -0.39 is 0 Å². The first kappa shape index (κ1) is 15.8. The SMILES string of the molecule is COc1cc(-c2cc(=O)[nH]c(Nc3ccc(Cl)c(O)c3)n2)ccn1. The molecule has 0 amide bonds. The fourth-order valence-corrected chi connectivity index (χ4v) is 2.19. The van der Waals surface area contributed by atoms with Crippen molar-refractivity contribution in [1.82, 2.24) is 15.0 Å². The van der Waals surface area contributed by atoms with Crippen molar-refractivity contribution < 1.29 is 9.84 Å². The average Bonchev–Trinajstić information content (AvgIpc) is 2.58. The van der Waals surface area contributed by atoms with E-state index in [0.717, 1.165) is 0 Å². The molecular weight excluding hydrogens is 332 g/mol. The number of ether oxygens (including phenoxy) is 1. The highest BCUT2D eigenvalue weighted by atomic mass is 35.5. The van der Waals surface area contributed by atoms with Crippen molar-refractivity contribution in [2.45, 2.75) is 0 Å². The Hall–Kier alpha value is -3.06. The van der Waals surface area contributed by atoms with E-state index in [1.54, 1.807) is 24.4 Å². The Balaban J connectivity index is 1.96. The zero-order chi connectivity index (χ0) is 17.1. The van der Waals surface area contributed by atoms with Crippen LogP contribution in [0.25, 0.3) is 11.3 Å². The summed E-state index contributed by atoms with van der Waals surface area (Å²) in [5, 5.41) is 12.8. The maximum atomic E-state index is 11.9. The molecule has 24 heavy (non-hydrogen) atoms. The molecule has 0 aliphatic heterocycles. The lowest BCUT2D eigenvalue weighted by Crippen LogP contribution is -2.10. The highest BCUT2D eigenvalue weighted by molar-refractivity contribution is 6.32. The Morgan fingerprint density at radius 1 is 1.25 bits per heavy atom. The van der Waals surface area contributed by atoms with Crippen LogP contribution in [0.1, 0.15) is 0 Å². The van der Waals surface area contributed by atoms with E-state index in [4.69, 9.17) is 16.3 Å². The molecule has 0 bridgehead atoms. The summed E-state index contributed by atoms with van der Waals surface area (Å²) in [7, 11) is 1.51. The van der Waals surface area contributed by atoms with Gasteiger partial charge in [0.05, 0.1) is 17.8 Å². The van der Waals surface area contributed by atoms with Gasteiger partial charge in [0.2, 0.25) is 11.8 Å². The minimum Gasteiger partial charge on any atom is -0.506 e. The number of hydrogen-bond acceptors (Lipinski definition) is 6. The molecule has 0 saturated heterocycles. The molecule has 0 fully saturated rings. The molecule has 2 heterocycles. The Morgan fingerprint density at radius 2 is 2.08 bits per heavy atom. The van der Waals surface area contributed by atoms with Gasteiger partial charge in [0.15, 0.2) is 0 Å². The van der Waals surface area contributed by atoms with Crippen LogP contribution in [0.4, 0.5) is 11.6 Å². The van der Waals surface area contributed by atoms with Crippen LogP contribution in [0.15, 0.2) is 47.4 Å². The van der Waals surface area contributed by atoms with Crippen LogP contribution in [0.5, 0.6) is 11.6 Å². The van der Waals surface area contributed by atoms with Crippen molar-refractivity contribution in [2.24, 2.45) is 0 Å². The molecule has 3 N–H and O–H groups in total. The average molecular weight is 345 g/mol. The van der Waals surface area contributed by atoms with E-state index in [9.17, 15) is 9.90 Å². The molecule has 0 atom stereocenters. The zero-order valence-corrected chi connectivity index (χ0v) is 13.3. The van der Waals surface area contributed by atoms with Gasteiger partial charge in [0, 0.05) is 35.6 Å². The van der Waals surface area contributed by atoms with Crippen LogP contribution in [-0.4, -0.2) is 27.2 Å². The van der Waals surface area contributed by atoms with Gasteiger partial charge in [-0.25, -0.2) is 9.97 Å². The van der Waals surface area contributed by atoms with Crippen LogP contribution in [0.2, 0.25) is 5.02 Å². The van der Waals surface area contributed by atoms with E-state index >= 15 is 0 Å². The Labute approximate surface area is 141 Å². The minimum atomic E-state index is -0.323. The lowest BCUT2D eigenvalue weighted by Gasteiger charge is -2.08. The zero-order valence-electron chi connectivity index (χ0n) is 12.6. The second-order valence-electron chi connectivity index (χ2n) is 4.86. The predicted molar refractivity (Wildman–Crippen MR) is 91.0 cm³/mol. The molecule has 3 aromatic rings. The number of nitrogens with zero attached hydrogens (tertiary/aromatic N) is 2. The Bertz CT molecular complexity index is 943. The van der Waals surface area contributed by atoms with Crippen LogP contribution in [-0.2, 0) is 0 Å². The van der Waals surface area contributed by atoms with Gasteiger partial charge in [-0.2, -0.15) is 0 Å². The standard InChI is InChI=1S/C16H13ClN4O3/c1-24-15-6-9(4-5-18-15)12-8-14(23)21-16(20-12)19-10-2-3-11(17)13(22)7-10/h2-8,22H,1H3,(H2,19,20,21,23). The number of H-pyrrole nitrogens is 1. The first-order chi connectivity index (χ1) is 11.5. The lowest BCUT2D eigenvalue weighted by atomic mass is 10.2. The summed E-state index contributed by atoms with van der Waals surface area (Å²) < 4.78 is 5.08. The van der Waals surface area contributed by atoms with Crippen LogP contribution in [0, 0.1) is 0 Å². The molecule has 0 unspecified atom stereocenters. The van der Waals surface area contributed by atoms with E-state index in [-0.39, 0.29) is 22.3 Å².